The van der Waals surface area contributed by atoms with Crippen LogP contribution < -0.4 is 5.73 Å². The van der Waals surface area contributed by atoms with Crippen molar-refractivity contribution in [1.82, 2.24) is 4.90 Å². The number of hydrogen-bond donors (Lipinski definition) is 1. The standard InChI is InChI=1S/C11H22N2O/c1-11(2)7-13(8-11)6-10-4-3-9(5-12)14-10/h9-10H,3-8,12H2,1-2H3. The van der Waals surface area contributed by atoms with Crippen LogP contribution in [0, 0.1) is 5.41 Å². The molecule has 0 aliphatic carbocycles. The van der Waals surface area contributed by atoms with Gasteiger partial charge >= 0.3 is 0 Å². The molecule has 0 aromatic heterocycles. The summed E-state index contributed by atoms with van der Waals surface area (Å²) < 4.78 is 5.82. The van der Waals surface area contributed by atoms with Crippen molar-refractivity contribution in [2.45, 2.75) is 38.9 Å². The summed E-state index contributed by atoms with van der Waals surface area (Å²) in [5.74, 6) is 0. The van der Waals surface area contributed by atoms with Crippen LogP contribution in [-0.4, -0.2) is 43.3 Å². The third-order valence-corrected chi connectivity index (χ3v) is 3.22. The molecule has 2 fully saturated rings. The molecule has 2 N–H and O–H groups in total. The predicted molar refractivity (Wildman–Crippen MR) is 57.2 cm³/mol. The van der Waals surface area contributed by atoms with E-state index in [0.717, 1.165) is 13.0 Å². The lowest BCUT2D eigenvalue weighted by atomic mass is 9.84. The van der Waals surface area contributed by atoms with Crippen LogP contribution in [0.25, 0.3) is 0 Å². The van der Waals surface area contributed by atoms with E-state index in [2.05, 4.69) is 18.7 Å². The van der Waals surface area contributed by atoms with Crippen molar-refractivity contribution in [1.29, 1.82) is 0 Å². The summed E-state index contributed by atoms with van der Waals surface area (Å²) in [6.45, 7) is 8.88. The molecule has 82 valence electrons. The van der Waals surface area contributed by atoms with E-state index in [-0.39, 0.29) is 0 Å². The second kappa shape index (κ2) is 3.80. The lowest BCUT2D eigenvalue weighted by Gasteiger charge is -2.46. The van der Waals surface area contributed by atoms with Gasteiger partial charge in [0.25, 0.3) is 0 Å². The average Bonchev–Trinajstić information content (AvgIpc) is 2.49. The van der Waals surface area contributed by atoms with Crippen LogP contribution in [-0.2, 0) is 4.74 Å². The minimum absolute atomic E-state index is 0.328. The summed E-state index contributed by atoms with van der Waals surface area (Å²) in [5.41, 5.74) is 6.11. The molecule has 0 amide bonds. The van der Waals surface area contributed by atoms with Crippen molar-refractivity contribution in [3.8, 4) is 0 Å². The molecule has 3 heteroatoms. The zero-order valence-corrected chi connectivity index (χ0v) is 9.33. The quantitative estimate of drug-likeness (QED) is 0.730. The highest BCUT2D eigenvalue weighted by molar-refractivity contribution is 4.89. The van der Waals surface area contributed by atoms with Crippen LogP contribution in [0.15, 0.2) is 0 Å². The molecule has 3 nitrogen and oxygen atoms in total. The number of ether oxygens (including phenoxy) is 1. The Kier molecular flexibility index (Phi) is 2.82. The third-order valence-electron chi connectivity index (χ3n) is 3.22. The summed E-state index contributed by atoms with van der Waals surface area (Å²) in [6.07, 6.45) is 3.12. The highest BCUT2D eigenvalue weighted by Crippen LogP contribution is 2.30. The van der Waals surface area contributed by atoms with Gasteiger partial charge in [0.1, 0.15) is 0 Å². The lowest BCUT2D eigenvalue weighted by Crippen LogP contribution is -2.54. The van der Waals surface area contributed by atoms with E-state index in [1.807, 2.05) is 0 Å². The minimum atomic E-state index is 0.328. The second-order valence-corrected chi connectivity index (χ2v) is 5.53. The van der Waals surface area contributed by atoms with Gasteiger partial charge in [0.05, 0.1) is 12.2 Å². The zero-order valence-electron chi connectivity index (χ0n) is 9.33. The molecule has 2 rings (SSSR count). The van der Waals surface area contributed by atoms with Crippen molar-refractivity contribution in [2.24, 2.45) is 11.1 Å². The van der Waals surface area contributed by atoms with Gasteiger partial charge in [0.2, 0.25) is 0 Å². The molecular formula is C11H22N2O. The number of nitrogens with zero attached hydrogens (tertiary/aromatic N) is 1. The molecule has 0 aromatic rings. The topological polar surface area (TPSA) is 38.5 Å². The molecule has 2 aliphatic heterocycles. The molecule has 2 aliphatic rings. The third kappa shape index (κ3) is 2.27. The van der Waals surface area contributed by atoms with Gasteiger partial charge in [-0.3, -0.25) is 4.90 Å². The SMILES string of the molecule is CC1(C)CN(CC2CCC(CN)O2)C1. The Morgan fingerprint density at radius 3 is 2.43 bits per heavy atom. The summed E-state index contributed by atoms with van der Waals surface area (Å²) >= 11 is 0. The van der Waals surface area contributed by atoms with E-state index in [0.29, 0.717) is 24.2 Å². The fourth-order valence-corrected chi connectivity index (χ4v) is 2.67. The Bertz CT molecular complexity index is 197. The molecule has 0 spiro atoms. The highest BCUT2D eigenvalue weighted by Gasteiger charge is 2.36. The number of nitrogens with two attached hydrogens (primary N) is 1. The number of hydrogen-bond acceptors (Lipinski definition) is 3. The Morgan fingerprint density at radius 2 is 1.93 bits per heavy atom. The van der Waals surface area contributed by atoms with Gasteiger partial charge in [0, 0.05) is 26.2 Å². The molecule has 0 radical (unpaired) electrons. The van der Waals surface area contributed by atoms with Gasteiger partial charge in [-0.2, -0.15) is 0 Å². The van der Waals surface area contributed by atoms with Crippen LogP contribution >= 0.6 is 0 Å². The first-order valence-electron chi connectivity index (χ1n) is 5.67. The van der Waals surface area contributed by atoms with E-state index in [9.17, 15) is 0 Å². The summed E-state index contributed by atoms with van der Waals surface area (Å²) in [6, 6.07) is 0. The minimum Gasteiger partial charge on any atom is -0.372 e. The van der Waals surface area contributed by atoms with Crippen LogP contribution in [0.2, 0.25) is 0 Å². The molecule has 0 bridgehead atoms. The molecule has 0 aromatic carbocycles. The van der Waals surface area contributed by atoms with Crippen molar-refractivity contribution in [2.75, 3.05) is 26.2 Å². The first kappa shape index (κ1) is 10.4. The van der Waals surface area contributed by atoms with E-state index in [4.69, 9.17) is 10.5 Å². The summed E-state index contributed by atoms with van der Waals surface area (Å²) in [4.78, 5) is 2.49. The average molecular weight is 198 g/mol. The predicted octanol–water partition coefficient (Wildman–Crippen LogP) is 0.835. The van der Waals surface area contributed by atoms with Crippen LogP contribution in [0.5, 0.6) is 0 Å². The molecular weight excluding hydrogens is 176 g/mol. The fraction of sp³-hybridized carbons (Fsp3) is 1.00. The van der Waals surface area contributed by atoms with E-state index in [1.165, 1.54) is 19.5 Å². The second-order valence-electron chi connectivity index (χ2n) is 5.53. The molecule has 0 saturated carbocycles. The van der Waals surface area contributed by atoms with Crippen molar-refractivity contribution in [3.63, 3.8) is 0 Å². The van der Waals surface area contributed by atoms with Gasteiger partial charge < -0.3 is 10.5 Å². The maximum absolute atomic E-state index is 5.82. The Labute approximate surface area is 86.6 Å². The molecule has 2 saturated heterocycles. The molecule has 2 atom stereocenters. The molecule has 2 heterocycles. The monoisotopic (exact) mass is 198 g/mol. The smallest absolute Gasteiger partial charge is 0.0707 e. The van der Waals surface area contributed by atoms with Gasteiger partial charge in [-0.15, -0.1) is 0 Å². The normalized spacial score (nSPS) is 37.1. The maximum Gasteiger partial charge on any atom is 0.0707 e. The van der Waals surface area contributed by atoms with Gasteiger partial charge in [-0.25, -0.2) is 0 Å². The van der Waals surface area contributed by atoms with Gasteiger partial charge in [0.15, 0.2) is 0 Å². The van der Waals surface area contributed by atoms with Gasteiger partial charge in [-0.1, -0.05) is 13.8 Å². The Morgan fingerprint density at radius 1 is 1.29 bits per heavy atom. The number of rotatable bonds is 3. The van der Waals surface area contributed by atoms with Crippen molar-refractivity contribution in [3.05, 3.63) is 0 Å². The van der Waals surface area contributed by atoms with Crippen molar-refractivity contribution >= 4 is 0 Å². The first-order chi connectivity index (χ1) is 6.59. The maximum atomic E-state index is 5.82. The first-order valence-corrected chi connectivity index (χ1v) is 5.67. The summed E-state index contributed by atoms with van der Waals surface area (Å²) in [7, 11) is 0. The van der Waals surface area contributed by atoms with Gasteiger partial charge in [-0.05, 0) is 18.3 Å². The molecule has 14 heavy (non-hydrogen) atoms. The van der Waals surface area contributed by atoms with Crippen LogP contribution in [0.4, 0.5) is 0 Å². The number of likely N-dealkylation sites (tertiary alicyclic amines) is 1. The van der Waals surface area contributed by atoms with Crippen LogP contribution in [0.1, 0.15) is 26.7 Å². The van der Waals surface area contributed by atoms with Crippen molar-refractivity contribution < 1.29 is 4.74 Å². The Balaban J connectivity index is 1.68. The van der Waals surface area contributed by atoms with E-state index >= 15 is 0 Å². The van der Waals surface area contributed by atoms with E-state index in [1.54, 1.807) is 0 Å². The van der Waals surface area contributed by atoms with E-state index < -0.39 is 0 Å². The Hall–Kier alpha value is -0.120. The highest BCUT2D eigenvalue weighted by atomic mass is 16.5. The largest absolute Gasteiger partial charge is 0.372 e. The molecule has 2 unspecified atom stereocenters. The fourth-order valence-electron chi connectivity index (χ4n) is 2.67. The summed E-state index contributed by atoms with van der Waals surface area (Å²) in [5, 5.41) is 0. The lowest BCUT2D eigenvalue weighted by molar-refractivity contribution is -0.0288. The van der Waals surface area contributed by atoms with Crippen LogP contribution in [0.3, 0.4) is 0 Å². The zero-order chi connectivity index (χ0) is 10.2.